The third kappa shape index (κ3) is 4.05. The van der Waals surface area contributed by atoms with Crippen molar-refractivity contribution in [1.29, 1.82) is 0 Å². The second kappa shape index (κ2) is 5.94. The second-order valence-corrected chi connectivity index (χ2v) is 4.12. The molecule has 4 N–H and O–H groups in total. The van der Waals surface area contributed by atoms with E-state index in [4.69, 9.17) is 10.5 Å². The van der Waals surface area contributed by atoms with Crippen molar-refractivity contribution in [3.05, 3.63) is 11.9 Å². The monoisotopic (exact) mass is 264 g/mol. The molecule has 0 aliphatic heterocycles. The third-order valence-corrected chi connectivity index (χ3v) is 2.12. The summed E-state index contributed by atoms with van der Waals surface area (Å²) in [6.07, 6.45) is 0.655. The first-order chi connectivity index (χ1) is 9.13. The van der Waals surface area contributed by atoms with Crippen LogP contribution in [0.25, 0.3) is 0 Å². The lowest BCUT2D eigenvalue weighted by molar-refractivity contribution is 0.233. The van der Waals surface area contributed by atoms with Crippen LogP contribution >= 0.6 is 0 Å². The molecule has 0 spiro atoms. The summed E-state index contributed by atoms with van der Waals surface area (Å²) in [7, 11) is 0. The molecule has 0 unspecified atom stereocenters. The van der Waals surface area contributed by atoms with Crippen molar-refractivity contribution in [2.75, 3.05) is 17.6 Å². The van der Waals surface area contributed by atoms with Gasteiger partial charge in [0.05, 0.1) is 6.10 Å². The number of aromatic nitrogens is 6. The largest absolute Gasteiger partial charge is 0.475 e. The van der Waals surface area contributed by atoms with Crippen molar-refractivity contribution in [2.24, 2.45) is 0 Å². The van der Waals surface area contributed by atoms with Crippen molar-refractivity contribution >= 4 is 11.8 Å². The summed E-state index contributed by atoms with van der Waals surface area (Å²) in [6.45, 7) is 4.44. The average Bonchev–Trinajstić information content (AvgIpc) is 2.80. The molecule has 102 valence electrons. The van der Waals surface area contributed by atoms with Gasteiger partial charge in [0.25, 0.3) is 0 Å². The summed E-state index contributed by atoms with van der Waals surface area (Å²) in [5.41, 5.74) is 5.62. The Labute approximate surface area is 110 Å². The lowest BCUT2D eigenvalue weighted by Gasteiger charge is -2.11. The van der Waals surface area contributed by atoms with Crippen molar-refractivity contribution in [3.63, 3.8) is 0 Å². The molecule has 2 heterocycles. The molecular weight excluding hydrogens is 248 g/mol. The van der Waals surface area contributed by atoms with E-state index >= 15 is 0 Å². The molecule has 2 rings (SSSR count). The van der Waals surface area contributed by atoms with Crippen LogP contribution in [0.3, 0.4) is 0 Å². The second-order valence-electron chi connectivity index (χ2n) is 4.12. The number of nitrogens with one attached hydrogen (secondary N) is 2. The molecular formula is C10H16N8O. The summed E-state index contributed by atoms with van der Waals surface area (Å²) in [4.78, 5) is 8.07. The van der Waals surface area contributed by atoms with Crippen LogP contribution in [0.4, 0.5) is 11.8 Å². The van der Waals surface area contributed by atoms with Crippen LogP contribution in [0, 0.1) is 0 Å². The SMILES string of the molecule is CC(C)Oc1cc(NCCc2nn[nH]n2)nc(N)n1. The van der Waals surface area contributed by atoms with E-state index in [0.717, 1.165) is 0 Å². The van der Waals surface area contributed by atoms with Gasteiger partial charge in [0.2, 0.25) is 11.8 Å². The minimum atomic E-state index is 0.0291. The van der Waals surface area contributed by atoms with Gasteiger partial charge >= 0.3 is 0 Å². The highest BCUT2D eigenvalue weighted by Gasteiger charge is 2.05. The predicted molar refractivity (Wildman–Crippen MR) is 68.6 cm³/mol. The van der Waals surface area contributed by atoms with Gasteiger partial charge in [0.15, 0.2) is 5.82 Å². The molecule has 0 aliphatic rings. The van der Waals surface area contributed by atoms with Crippen LogP contribution in [0.15, 0.2) is 6.07 Å². The van der Waals surface area contributed by atoms with Gasteiger partial charge < -0.3 is 15.8 Å². The fourth-order valence-electron chi connectivity index (χ4n) is 1.43. The molecule has 9 heteroatoms. The molecule has 2 aromatic heterocycles. The predicted octanol–water partition coefficient (Wildman–Crippen LogP) is 0.0137. The summed E-state index contributed by atoms with van der Waals surface area (Å²) in [5, 5.41) is 16.7. The molecule has 0 bridgehead atoms. The lowest BCUT2D eigenvalue weighted by atomic mass is 10.4. The van der Waals surface area contributed by atoms with E-state index in [1.165, 1.54) is 0 Å². The molecule has 0 atom stereocenters. The number of hydrogen-bond donors (Lipinski definition) is 3. The van der Waals surface area contributed by atoms with Crippen molar-refractivity contribution < 1.29 is 4.74 Å². The Morgan fingerprint density at radius 2 is 2.26 bits per heavy atom. The van der Waals surface area contributed by atoms with Crippen LogP contribution in [-0.2, 0) is 6.42 Å². The number of ether oxygens (including phenoxy) is 1. The zero-order valence-corrected chi connectivity index (χ0v) is 10.8. The Morgan fingerprint density at radius 3 is 2.95 bits per heavy atom. The number of H-pyrrole nitrogens is 1. The number of nitrogens with two attached hydrogens (primary N) is 1. The number of nitrogens with zero attached hydrogens (tertiary/aromatic N) is 5. The van der Waals surface area contributed by atoms with Gasteiger partial charge in [-0.2, -0.15) is 15.2 Å². The van der Waals surface area contributed by atoms with Gasteiger partial charge in [-0.1, -0.05) is 5.21 Å². The Hall–Kier alpha value is -2.45. The Balaban J connectivity index is 1.93. The summed E-state index contributed by atoms with van der Waals surface area (Å²) in [6, 6.07) is 1.70. The molecule has 2 aromatic rings. The first-order valence-corrected chi connectivity index (χ1v) is 5.91. The topological polar surface area (TPSA) is 128 Å². The maximum atomic E-state index is 5.62. The summed E-state index contributed by atoms with van der Waals surface area (Å²) < 4.78 is 5.48. The fourth-order valence-corrected chi connectivity index (χ4v) is 1.43. The normalized spacial score (nSPS) is 10.7. The van der Waals surface area contributed by atoms with Crippen LogP contribution in [0.5, 0.6) is 5.88 Å². The Bertz CT molecular complexity index is 512. The highest BCUT2D eigenvalue weighted by molar-refractivity contribution is 5.42. The highest BCUT2D eigenvalue weighted by Crippen LogP contribution is 2.15. The van der Waals surface area contributed by atoms with E-state index in [1.807, 2.05) is 13.8 Å². The molecule has 0 fully saturated rings. The van der Waals surface area contributed by atoms with E-state index < -0.39 is 0 Å². The van der Waals surface area contributed by atoms with Crippen LogP contribution in [-0.4, -0.2) is 43.2 Å². The molecule has 19 heavy (non-hydrogen) atoms. The number of tetrazole rings is 1. The molecule has 0 saturated heterocycles. The molecule has 0 radical (unpaired) electrons. The molecule has 0 aliphatic carbocycles. The standard InChI is InChI=1S/C10H16N8O/c1-6(2)19-9-5-8(13-10(11)14-9)12-4-3-7-15-17-18-16-7/h5-6H,3-4H2,1-2H3,(H3,11,12,13,14)(H,15,16,17,18). The van der Waals surface area contributed by atoms with E-state index in [9.17, 15) is 0 Å². The zero-order valence-electron chi connectivity index (χ0n) is 10.8. The first kappa shape index (κ1) is 13.0. The van der Waals surface area contributed by atoms with E-state index in [1.54, 1.807) is 6.07 Å². The van der Waals surface area contributed by atoms with E-state index in [2.05, 4.69) is 35.9 Å². The quantitative estimate of drug-likeness (QED) is 0.666. The van der Waals surface area contributed by atoms with Crippen LogP contribution in [0.1, 0.15) is 19.7 Å². The highest BCUT2D eigenvalue weighted by atomic mass is 16.5. The van der Waals surface area contributed by atoms with Gasteiger partial charge in [0.1, 0.15) is 5.82 Å². The van der Waals surface area contributed by atoms with Crippen molar-refractivity contribution in [3.8, 4) is 5.88 Å². The Morgan fingerprint density at radius 1 is 1.42 bits per heavy atom. The minimum absolute atomic E-state index is 0.0291. The molecule has 0 aromatic carbocycles. The van der Waals surface area contributed by atoms with Crippen molar-refractivity contribution in [2.45, 2.75) is 26.4 Å². The average molecular weight is 264 g/mol. The van der Waals surface area contributed by atoms with Gasteiger partial charge in [-0.15, -0.1) is 10.2 Å². The van der Waals surface area contributed by atoms with E-state index in [0.29, 0.717) is 30.5 Å². The zero-order chi connectivity index (χ0) is 13.7. The number of nitrogen functional groups attached to an aromatic ring is 1. The minimum Gasteiger partial charge on any atom is -0.475 e. The Kier molecular flexibility index (Phi) is 4.06. The molecule has 0 amide bonds. The van der Waals surface area contributed by atoms with Crippen LogP contribution in [0.2, 0.25) is 0 Å². The van der Waals surface area contributed by atoms with Crippen LogP contribution < -0.4 is 15.8 Å². The van der Waals surface area contributed by atoms with Gasteiger partial charge in [-0.3, -0.25) is 0 Å². The van der Waals surface area contributed by atoms with Gasteiger partial charge in [-0.05, 0) is 13.8 Å². The fraction of sp³-hybridized carbons (Fsp3) is 0.500. The number of hydrogen-bond acceptors (Lipinski definition) is 8. The summed E-state index contributed by atoms with van der Waals surface area (Å²) >= 11 is 0. The maximum absolute atomic E-state index is 5.62. The maximum Gasteiger partial charge on any atom is 0.225 e. The number of rotatable bonds is 6. The molecule has 0 saturated carbocycles. The van der Waals surface area contributed by atoms with Crippen molar-refractivity contribution in [1.82, 2.24) is 30.6 Å². The number of aromatic amines is 1. The smallest absolute Gasteiger partial charge is 0.225 e. The lowest BCUT2D eigenvalue weighted by Crippen LogP contribution is -2.12. The third-order valence-electron chi connectivity index (χ3n) is 2.12. The first-order valence-electron chi connectivity index (χ1n) is 5.91. The summed E-state index contributed by atoms with van der Waals surface area (Å²) in [5.74, 6) is 1.85. The van der Waals surface area contributed by atoms with E-state index in [-0.39, 0.29) is 12.1 Å². The molecule has 9 nitrogen and oxygen atoms in total. The number of anilines is 2. The van der Waals surface area contributed by atoms with Gasteiger partial charge in [0, 0.05) is 19.0 Å². The van der Waals surface area contributed by atoms with Gasteiger partial charge in [-0.25, -0.2) is 0 Å².